The van der Waals surface area contributed by atoms with Gasteiger partial charge >= 0.3 is 0 Å². The molecule has 0 atom stereocenters. The number of benzene rings is 1. The van der Waals surface area contributed by atoms with Gasteiger partial charge < -0.3 is 5.32 Å². The van der Waals surface area contributed by atoms with Gasteiger partial charge in [-0.15, -0.1) is 22.9 Å². The molecule has 1 N–H and O–H groups in total. The van der Waals surface area contributed by atoms with Gasteiger partial charge in [-0.3, -0.25) is 4.79 Å². The molecule has 0 saturated heterocycles. The lowest BCUT2D eigenvalue weighted by Gasteiger charge is -2.05. The lowest BCUT2D eigenvalue weighted by atomic mass is 10.1. The van der Waals surface area contributed by atoms with Crippen molar-refractivity contribution in [3.63, 3.8) is 0 Å². The molecule has 3 nitrogen and oxygen atoms in total. The Kier molecular flexibility index (Phi) is 4.93. The van der Waals surface area contributed by atoms with Crippen LogP contribution >= 0.6 is 22.9 Å². The van der Waals surface area contributed by atoms with Crippen LogP contribution in [0.1, 0.15) is 23.2 Å². The maximum Gasteiger partial charge on any atom is 0.231 e. The summed E-state index contributed by atoms with van der Waals surface area (Å²) in [6.07, 6.45) is 1.24. The molecular weight excluding hydrogens is 280 g/mol. The Morgan fingerprint density at radius 2 is 2.32 bits per heavy atom. The number of aryl methyl sites for hydroxylation is 1. The Hall–Kier alpha value is -1.39. The van der Waals surface area contributed by atoms with Crippen LogP contribution in [-0.2, 0) is 23.5 Å². The van der Waals surface area contributed by atoms with Crippen LogP contribution in [0.5, 0.6) is 0 Å². The molecule has 0 unspecified atom stereocenters. The normalized spacial score (nSPS) is 10.4. The van der Waals surface area contributed by atoms with Gasteiger partial charge in [0.2, 0.25) is 5.91 Å². The number of aromatic nitrogens is 1. The van der Waals surface area contributed by atoms with Crippen LogP contribution < -0.4 is 5.32 Å². The highest BCUT2D eigenvalue weighted by atomic mass is 35.5. The highest BCUT2D eigenvalue weighted by Crippen LogP contribution is 2.14. The SMILES string of the molecule is CCc1cccc(NC(=O)Cc2nc(CCl)cs2)c1. The van der Waals surface area contributed by atoms with E-state index in [-0.39, 0.29) is 12.3 Å². The fourth-order valence-corrected chi connectivity index (χ4v) is 2.72. The monoisotopic (exact) mass is 294 g/mol. The molecular formula is C14H15ClN2OS. The van der Waals surface area contributed by atoms with Crippen molar-refractivity contribution in [2.45, 2.75) is 25.6 Å². The lowest BCUT2D eigenvalue weighted by Crippen LogP contribution is -2.14. The molecule has 100 valence electrons. The third-order valence-corrected chi connectivity index (χ3v) is 3.84. The van der Waals surface area contributed by atoms with E-state index >= 15 is 0 Å². The first-order chi connectivity index (χ1) is 9.21. The van der Waals surface area contributed by atoms with Crippen molar-refractivity contribution in [2.75, 3.05) is 5.32 Å². The predicted molar refractivity (Wildman–Crippen MR) is 79.8 cm³/mol. The molecule has 1 aromatic heterocycles. The molecule has 2 aromatic rings. The number of hydrogen-bond acceptors (Lipinski definition) is 3. The molecule has 1 heterocycles. The number of amides is 1. The number of alkyl halides is 1. The smallest absolute Gasteiger partial charge is 0.231 e. The highest BCUT2D eigenvalue weighted by Gasteiger charge is 2.08. The van der Waals surface area contributed by atoms with Gasteiger partial charge in [-0.1, -0.05) is 19.1 Å². The summed E-state index contributed by atoms with van der Waals surface area (Å²) < 4.78 is 0. The molecule has 0 spiro atoms. The fourth-order valence-electron chi connectivity index (χ4n) is 1.70. The van der Waals surface area contributed by atoms with E-state index in [9.17, 15) is 4.79 Å². The van der Waals surface area contributed by atoms with Crippen molar-refractivity contribution in [2.24, 2.45) is 0 Å². The maximum absolute atomic E-state index is 11.9. The molecule has 2 rings (SSSR count). The van der Waals surface area contributed by atoms with E-state index < -0.39 is 0 Å². The van der Waals surface area contributed by atoms with Crippen LogP contribution in [0, 0.1) is 0 Å². The zero-order chi connectivity index (χ0) is 13.7. The first kappa shape index (κ1) is 14.0. The second-order valence-electron chi connectivity index (χ2n) is 4.15. The summed E-state index contributed by atoms with van der Waals surface area (Å²) in [6, 6.07) is 7.87. The first-order valence-electron chi connectivity index (χ1n) is 6.09. The minimum absolute atomic E-state index is 0.0521. The number of thiazole rings is 1. The minimum atomic E-state index is -0.0521. The summed E-state index contributed by atoms with van der Waals surface area (Å²) in [6.45, 7) is 2.09. The van der Waals surface area contributed by atoms with Crippen LogP contribution in [0.25, 0.3) is 0 Å². The van der Waals surface area contributed by atoms with Gasteiger partial charge in [0.25, 0.3) is 0 Å². The van der Waals surface area contributed by atoms with Crippen LogP contribution in [0.4, 0.5) is 5.69 Å². The largest absolute Gasteiger partial charge is 0.326 e. The molecule has 0 saturated carbocycles. The van der Waals surface area contributed by atoms with E-state index in [1.54, 1.807) is 0 Å². The van der Waals surface area contributed by atoms with E-state index in [1.807, 2.05) is 29.6 Å². The number of nitrogens with one attached hydrogen (secondary N) is 1. The van der Waals surface area contributed by atoms with Gasteiger partial charge in [-0.25, -0.2) is 4.98 Å². The topological polar surface area (TPSA) is 42.0 Å². The van der Waals surface area contributed by atoms with Crippen molar-refractivity contribution < 1.29 is 4.79 Å². The summed E-state index contributed by atoms with van der Waals surface area (Å²) >= 11 is 7.15. The molecule has 19 heavy (non-hydrogen) atoms. The fraction of sp³-hybridized carbons (Fsp3) is 0.286. The van der Waals surface area contributed by atoms with Gasteiger partial charge in [0.1, 0.15) is 5.01 Å². The molecule has 5 heteroatoms. The summed E-state index contributed by atoms with van der Waals surface area (Å²) in [4.78, 5) is 16.2. The third kappa shape index (κ3) is 4.04. The van der Waals surface area contributed by atoms with E-state index in [4.69, 9.17) is 11.6 Å². The van der Waals surface area contributed by atoms with Gasteiger partial charge in [0.05, 0.1) is 18.0 Å². The minimum Gasteiger partial charge on any atom is -0.326 e. The molecule has 0 aliphatic heterocycles. The van der Waals surface area contributed by atoms with Crippen molar-refractivity contribution >= 4 is 34.5 Å². The average Bonchev–Trinajstić information content (AvgIpc) is 2.86. The zero-order valence-corrected chi connectivity index (χ0v) is 12.2. The Balaban J connectivity index is 1.96. The maximum atomic E-state index is 11.9. The molecule has 0 aliphatic rings. The zero-order valence-electron chi connectivity index (χ0n) is 10.6. The average molecular weight is 295 g/mol. The van der Waals surface area contributed by atoms with E-state index in [0.717, 1.165) is 22.8 Å². The number of anilines is 1. The second-order valence-corrected chi connectivity index (χ2v) is 5.36. The van der Waals surface area contributed by atoms with E-state index in [2.05, 4.69) is 17.2 Å². The summed E-state index contributed by atoms with van der Waals surface area (Å²) in [5.41, 5.74) is 2.86. The van der Waals surface area contributed by atoms with Crippen LogP contribution in [0.2, 0.25) is 0 Å². The lowest BCUT2D eigenvalue weighted by molar-refractivity contribution is -0.115. The quantitative estimate of drug-likeness (QED) is 0.856. The predicted octanol–water partition coefficient (Wildman–Crippen LogP) is 3.63. The summed E-state index contributed by atoms with van der Waals surface area (Å²) in [7, 11) is 0. The molecule has 0 bridgehead atoms. The summed E-state index contributed by atoms with van der Waals surface area (Å²) in [5.74, 6) is 0.333. The van der Waals surface area contributed by atoms with Gasteiger partial charge in [-0.2, -0.15) is 0 Å². The molecule has 0 fully saturated rings. The molecule has 1 aromatic carbocycles. The van der Waals surface area contributed by atoms with E-state index in [1.165, 1.54) is 16.9 Å². The summed E-state index contributed by atoms with van der Waals surface area (Å²) in [5, 5.41) is 5.56. The number of carbonyl (C=O) groups excluding carboxylic acids is 1. The molecule has 0 aliphatic carbocycles. The Bertz CT molecular complexity index is 568. The highest BCUT2D eigenvalue weighted by molar-refractivity contribution is 7.09. The van der Waals surface area contributed by atoms with Crippen LogP contribution in [0.3, 0.4) is 0 Å². The number of halogens is 1. The van der Waals surface area contributed by atoms with Crippen LogP contribution in [0.15, 0.2) is 29.6 Å². The van der Waals surface area contributed by atoms with Crippen molar-refractivity contribution in [1.29, 1.82) is 0 Å². The van der Waals surface area contributed by atoms with Gasteiger partial charge in [-0.05, 0) is 24.1 Å². The van der Waals surface area contributed by atoms with Crippen molar-refractivity contribution in [3.05, 3.63) is 45.9 Å². The molecule has 1 amide bonds. The Morgan fingerprint density at radius 3 is 3.00 bits per heavy atom. The second kappa shape index (κ2) is 6.68. The van der Waals surface area contributed by atoms with Crippen LogP contribution in [-0.4, -0.2) is 10.9 Å². The van der Waals surface area contributed by atoms with E-state index in [0.29, 0.717) is 5.88 Å². The van der Waals surface area contributed by atoms with Crippen molar-refractivity contribution in [3.8, 4) is 0 Å². The molecule has 0 radical (unpaired) electrons. The number of hydrogen-bond donors (Lipinski definition) is 1. The van der Waals surface area contributed by atoms with Gasteiger partial charge in [0, 0.05) is 11.1 Å². The standard InChI is InChI=1S/C14H15ClN2OS/c1-2-10-4-3-5-11(6-10)16-13(18)7-14-17-12(8-15)9-19-14/h3-6,9H,2,7-8H2,1H3,(H,16,18). The Labute approximate surface area is 121 Å². The van der Waals surface area contributed by atoms with Gasteiger partial charge in [0.15, 0.2) is 0 Å². The first-order valence-corrected chi connectivity index (χ1v) is 7.50. The number of rotatable bonds is 5. The third-order valence-electron chi connectivity index (χ3n) is 2.67. The van der Waals surface area contributed by atoms with Crippen molar-refractivity contribution in [1.82, 2.24) is 4.98 Å². The number of nitrogens with zero attached hydrogens (tertiary/aromatic N) is 1. The number of carbonyl (C=O) groups is 1. The Morgan fingerprint density at radius 1 is 1.47 bits per heavy atom.